The van der Waals surface area contributed by atoms with E-state index in [0.717, 1.165) is 18.2 Å². The molecular weight excluding hydrogens is 218 g/mol. The third-order valence-corrected chi connectivity index (χ3v) is 1.93. The van der Waals surface area contributed by atoms with Crippen molar-refractivity contribution < 1.29 is 25.0 Å². The second-order valence-corrected chi connectivity index (χ2v) is 3.11. The number of hydrogen-bond donors (Lipinski definition) is 3. The molecule has 0 amide bonds. The highest BCUT2D eigenvalue weighted by molar-refractivity contribution is 5.68. The molecule has 7 heteroatoms. The number of benzene rings is 1. The lowest BCUT2D eigenvalue weighted by Gasteiger charge is -2.08. The zero-order chi connectivity index (χ0) is 12.3. The van der Waals surface area contributed by atoms with Gasteiger partial charge < -0.3 is 15.3 Å². The molecule has 0 spiro atoms. The first-order valence-corrected chi connectivity index (χ1v) is 4.29. The molecule has 16 heavy (non-hydrogen) atoms. The number of carboxylic acid groups (broad SMARTS) is 1. The summed E-state index contributed by atoms with van der Waals surface area (Å²) in [4.78, 5) is 20.2. The molecule has 0 aromatic heterocycles. The number of carbonyl (C=O) groups is 1. The lowest BCUT2D eigenvalue weighted by Crippen LogP contribution is -2.07. The lowest BCUT2D eigenvalue weighted by atomic mass is 10.0. The first-order chi connectivity index (χ1) is 7.41. The minimum Gasteiger partial charge on any atom is -0.508 e. The molecule has 1 aromatic carbocycles. The van der Waals surface area contributed by atoms with Crippen LogP contribution in [0, 0.1) is 10.1 Å². The Bertz CT molecular complexity index is 430. The van der Waals surface area contributed by atoms with E-state index in [4.69, 9.17) is 10.2 Å². The van der Waals surface area contributed by atoms with E-state index in [1.165, 1.54) is 0 Å². The van der Waals surface area contributed by atoms with E-state index >= 15 is 0 Å². The van der Waals surface area contributed by atoms with Gasteiger partial charge in [-0.25, -0.2) is 0 Å². The number of nitrogens with zero attached hydrogens (tertiary/aromatic N) is 1. The van der Waals surface area contributed by atoms with Crippen molar-refractivity contribution >= 4 is 11.7 Å². The van der Waals surface area contributed by atoms with Crippen LogP contribution in [0.25, 0.3) is 0 Å². The lowest BCUT2D eigenvalue weighted by molar-refractivity contribution is -0.386. The van der Waals surface area contributed by atoms with Gasteiger partial charge in [0.25, 0.3) is 5.69 Å². The Hall–Kier alpha value is -2.15. The van der Waals surface area contributed by atoms with Gasteiger partial charge in [-0.05, 0) is 12.1 Å². The summed E-state index contributed by atoms with van der Waals surface area (Å²) in [6, 6.07) is 3.08. The number of aliphatic hydroxyl groups is 1. The predicted molar refractivity (Wildman–Crippen MR) is 52.0 cm³/mol. The molecule has 0 saturated carbocycles. The van der Waals surface area contributed by atoms with Crippen LogP contribution < -0.4 is 0 Å². The second kappa shape index (κ2) is 4.58. The average Bonchev–Trinajstić information content (AvgIpc) is 2.15. The first kappa shape index (κ1) is 11.9. The molecule has 0 bridgehead atoms. The van der Waals surface area contributed by atoms with E-state index in [1.54, 1.807) is 0 Å². The predicted octanol–water partition coefficient (Wildman–Crippen LogP) is 0.808. The molecule has 0 saturated heterocycles. The molecule has 1 unspecified atom stereocenters. The van der Waals surface area contributed by atoms with Gasteiger partial charge in [-0.1, -0.05) is 0 Å². The number of carboxylic acids is 1. The van der Waals surface area contributed by atoms with Gasteiger partial charge in [0.1, 0.15) is 5.75 Å². The fourth-order valence-electron chi connectivity index (χ4n) is 1.25. The number of rotatable bonds is 4. The summed E-state index contributed by atoms with van der Waals surface area (Å²) in [6.07, 6.45) is -2.19. The van der Waals surface area contributed by atoms with Gasteiger partial charge in [0, 0.05) is 6.07 Å². The number of aromatic hydroxyl groups is 1. The summed E-state index contributed by atoms with van der Waals surface area (Å²) < 4.78 is 0. The number of phenolic OH excluding ortho intramolecular Hbond substituents is 1. The minimum absolute atomic E-state index is 0.215. The van der Waals surface area contributed by atoms with Crippen LogP contribution in [0.1, 0.15) is 18.1 Å². The highest BCUT2D eigenvalue weighted by Gasteiger charge is 2.22. The van der Waals surface area contributed by atoms with Crippen LogP contribution in [0.15, 0.2) is 18.2 Å². The van der Waals surface area contributed by atoms with E-state index < -0.39 is 29.1 Å². The molecular formula is C9H9NO6. The van der Waals surface area contributed by atoms with Gasteiger partial charge in [0.2, 0.25) is 0 Å². The minimum atomic E-state index is -1.52. The van der Waals surface area contributed by atoms with Gasteiger partial charge in [-0.2, -0.15) is 0 Å². The van der Waals surface area contributed by atoms with Crippen LogP contribution in [0.2, 0.25) is 0 Å². The van der Waals surface area contributed by atoms with Crippen LogP contribution >= 0.6 is 0 Å². The Morgan fingerprint density at radius 2 is 2.12 bits per heavy atom. The van der Waals surface area contributed by atoms with Gasteiger partial charge in [0.15, 0.2) is 0 Å². The zero-order valence-electron chi connectivity index (χ0n) is 8.03. The number of nitro groups is 1. The van der Waals surface area contributed by atoms with Crippen LogP contribution in [0.4, 0.5) is 5.69 Å². The molecule has 0 radical (unpaired) electrons. The number of aliphatic hydroxyl groups excluding tert-OH is 1. The Labute approximate surface area is 89.7 Å². The van der Waals surface area contributed by atoms with Gasteiger partial charge in [-0.15, -0.1) is 0 Å². The van der Waals surface area contributed by atoms with Crippen molar-refractivity contribution in [3.05, 3.63) is 33.9 Å². The van der Waals surface area contributed by atoms with Crippen molar-refractivity contribution in [2.24, 2.45) is 0 Å². The quantitative estimate of drug-likeness (QED) is 0.516. The average molecular weight is 227 g/mol. The fraction of sp³-hybridized carbons (Fsp3) is 0.222. The molecule has 1 atom stereocenters. The van der Waals surface area contributed by atoms with Gasteiger partial charge in [0.05, 0.1) is 23.0 Å². The van der Waals surface area contributed by atoms with E-state index in [1.807, 2.05) is 0 Å². The number of aliphatic carboxylic acids is 1. The Morgan fingerprint density at radius 1 is 1.50 bits per heavy atom. The summed E-state index contributed by atoms with van der Waals surface area (Å²) in [5, 5.41) is 37.6. The highest BCUT2D eigenvalue weighted by Crippen LogP contribution is 2.30. The van der Waals surface area contributed by atoms with Gasteiger partial charge in [-0.3, -0.25) is 14.9 Å². The SMILES string of the molecule is O=C(O)CC(O)c1cc(O)ccc1[N+](=O)[O-]. The van der Waals surface area contributed by atoms with Crippen molar-refractivity contribution in [2.45, 2.75) is 12.5 Å². The first-order valence-electron chi connectivity index (χ1n) is 4.29. The molecule has 7 nitrogen and oxygen atoms in total. The van der Waals surface area contributed by atoms with Crippen molar-refractivity contribution in [3.63, 3.8) is 0 Å². The Kier molecular flexibility index (Phi) is 3.41. The summed E-state index contributed by atoms with van der Waals surface area (Å²) in [5.41, 5.74) is -0.640. The molecule has 0 aliphatic carbocycles. The van der Waals surface area contributed by atoms with Crippen LogP contribution in [0.3, 0.4) is 0 Å². The standard InChI is InChI=1S/C9H9NO6/c11-5-1-2-7(10(15)16)6(3-5)8(12)4-9(13)14/h1-3,8,11-12H,4H2,(H,13,14). The number of phenols is 1. The maximum atomic E-state index is 10.6. The Morgan fingerprint density at radius 3 is 2.62 bits per heavy atom. The molecule has 1 rings (SSSR count). The van der Waals surface area contributed by atoms with Crippen molar-refractivity contribution in [3.8, 4) is 5.75 Å². The summed E-state index contributed by atoms with van der Waals surface area (Å²) in [7, 11) is 0. The number of hydrogen-bond acceptors (Lipinski definition) is 5. The molecule has 0 aliphatic rings. The molecule has 1 aromatic rings. The maximum absolute atomic E-state index is 10.6. The Balaban J connectivity index is 3.13. The topological polar surface area (TPSA) is 121 Å². The monoisotopic (exact) mass is 227 g/mol. The largest absolute Gasteiger partial charge is 0.508 e. The van der Waals surface area contributed by atoms with Crippen LogP contribution in [-0.4, -0.2) is 26.2 Å². The zero-order valence-corrected chi connectivity index (χ0v) is 8.03. The molecule has 0 fully saturated rings. The molecule has 3 N–H and O–H groups in total. The van der Waals surface area contributed by atoms with E-state index in [2.05, 4.69) is 0 Å². The maximum Gasteiger partial charge on any atom is 0.306 e. The van der Waals surface area contributed by atoms with Crippen LogP contribution in [-0.2, 0) is 4.79 Å². The molecule has 86 valence electrons. The van der Waals surface area contributed by atoms with E-state index in [9.17, 15) is 20.0 Å². The summed E-state index contributed by atoms with van der Waals surface area (Å²) in [6.45, 7) is 0. The second-order valence-electron chi connectivity index (χ2n) is 3.11. The third kappa shape index (κ3) is 2.67. The normalized spacial score (nSPS) is 12.1. The van der Waals surface area contributed by atoms with E-state index in [-0.39, 0.29) is 11.3 Å². The number of nitro benzene ring substituents is 1. The van der Waals surface area contributed by atoms with Crippen molar-refractivity contribution in [1.29, 1.82) is 0 Å². The van der Waals surface area contributed by atoms with Crippen molar-refractivity contribution in [1.82, 2.24) is 0 Å². The smallest absolute Gasteiger partial charge is 0.306 e. The third-order valence-electron chi connectivity index (χ3n) is 1.93. The van der Waals surface area contributed by atoms with E-state index in [0.29, 0.717) is 0 Å². The van der Waals surface area contributed by atoms with Gasteiger partial charge >= 0.3 is 5.97 Å². The fourth-order valence-corrected chi connectivity index (χ4v) is 1.25. The highest BCUT2D eigenvalue weighted by atomic mass is 16.6. The summed E-state index contributed by atoms with van der Waals surface area (Å²) in [5.74, 6) is -1.56. The molecule has 0 aliphatic heterocycles. The molecule has 0 heterocycles. The summed E-state index contributed by atoms with van der Waals surface area (Å²) >= 11 is 0. The van der Waals surface area contributed by atoms with Crippen molar-refractivity contribution in [2.75, 3.05) is 0 Å². The van der Waals surface area contributed by atoms with Crippen LogP contribution in [0.5, 0.6) is 5.75 Å².